The lowest BCUT2D eigenvalue weighted by atomic mass is 9.79. The predicted molar refractivity (Wildman–Crippen MR) is 298 cm³/mol. The summed E-state index contributed by atoms with van der Waals surface area (Å²) >= 11 is 0. The highest BCUT2D eigenvalue weighted by atomic mass is 16.6. The number of carbonyl (C=O) groups is 1. The molecule has 0 saturated carbocycles. The third-order valence-electron chi connectivity index (χ3n) is 14.4. The Morgan fingerprint density at radius 3 is 0.838 bits per heavy atom. The van der Waals surface area contributed by atoms with Crippen LogP contribution >= 0.6 is 0 Å². The minimum Gasteiger partial charge on any atom is -0.507 e. The fourth-order valence-corrected chi connectivity index (χ4v) is 9.89. The zero-order chi connectivity index (χ0) is 54.1. The highest BCUT2D eigenvalue weighted by molar-refractivity contribution is 5.71. The largest absolute Gasteiger partial charge is 0.507 e. The van der Waals surface area contributed by atoms with Crippen molar-refractivity contribution in [3.8, 4) is 28.7 Å². The van der Waals surface area contributed by atoms with Gasteiger partial charge in [-0.05, 0) is 99.4 Å². The molecule has 74 heavy (non-hydrogen) atoms. The van der Waals surface area contributed by atoms with Gasteiger partial charge in [-0.1, -0.05) is 165 Å². The van der Waals surface area contributed by atoms with Gasteiger partial charge in [-0.15, -0.1) is 0 Å². The molecule has 400 valence electrons. The number of ether oxygens (including phenoxy) is 6. The van der Waals surface area contributed by atoms with Gasteiger partial charge in [-0.25, -0.2) is 0 Å². The Morgan fingerprint density at radius 1 is 0.365 bits per heavy atom. The Balaban J connectivity index is 1.66. The SMILES string of the molecule is CC(=O)Oc1c2cc(C(C)(C)C)cc1Cc1cc(C(C)(C)C)cc3c1OCCOCCOCCOCCOc1c(cc(C(C)(C)C)cc1C2)Cc1cc(C(C)(C)C)cc(c1O)Cc1cc(C(C)(C)C)cc(c1O)C3. The van der Waals surface area contributed by atoms with E-state index in [1.807, 2.05) is 0 Å². The third kappa shape index (κ3) is 13.7. The second-order valence-corrected chi connectivity index (χ2v) is 25.9. The standard InChI is InChI=1S/C65H86O9/c1-40(66)74-60-49-28-47-36-53(63(8,9)10)34-45-26-43-32-51(61(2,3)4)30-41(56(43)67)25-42-31-52(62(5,6)7)33-44(57(42)68)27-46-35-54(64(11,12)13)37-48(29-50(60)39-55(38-49)65(14,15)16)59(46)73-24-22-71-20-18-69-17-19-70-21-23-72-58(45)47/h30-39,67-68H,17-29H2,1-16H3. The molecule has 0 atom stereocenters. The Morgan fingerprint density at radius 2 is 0.581 bits per heavy atom. The Labute approximate surface area is 443 Å². The second-order valence-electron chi connectivity index (χ2n) is 25.9. The van der Waals surface area contributed by atoms with Gasteiger partial charge in [-0.2, -0.15) is 0 Å². The summed E-state index contributed by atoms with van der Waals surface area (Å²) in [5.74, 6) is 1.87. The summed E-state index contributed by atoms with van der Waals surface area (Å²) in [7, 11) is 0. The van der Waals surface area contributed by atoms with Gasteiger partial charge in [0.1, 0.15) is 42.0 Å². The van der Waals surface area contributed by atoms with Gasteiger partial charge in [0.05, 0.1) is 39.6 Å². The van der Waals surface area contributed by atoms with Crippen LogP contribution in [-0.4, -0.2) is 69.0 Å². The fraction of sp³-hybridized carbons (Fsp3) is 0.523. The summed E-state index contributed by atoms with van der Waals surface area (Å²) in [6.07, 6.45) is 1.81. The summed E-state index contributed by atoms with van der Waals surface area (Å²) in [6.45, 7) is 37.3. The van der Waals surface area contributed by atoms with Crippen LogP contribution in [0.25, 0.3) is 0 Å². The monoisotopic (exact) mass is 1010 g/mol. The molecular formula is C65H86O9. The molecule has 0 amide bonds. The van der Waals surface area contributed by atoms with Gasteiger partial charge >= 0.3 is 5.97 Å². The number of esters is 1. The quantitative estimate of drug-likeness (QED) is 0.123. The number of aromatic hydroxyl groups is 2. The lowest BCUT2D eigenvalue weighted by Gasteiger charge is -2.28. The van der Waals surface area contributed by atoms with Crippen LogP contribution in [0.2, 0.25) is 0 Å². The first-order chi connectivity index (χ1) is 34.5. The summed E-state index contributed by atoms with van der Waals surface area (Å²) in [6, 6.07) is 21.8. The number of phenolic OH excluding ortho intramolecular Hbond substituents is 2. The number of carbonyl (C=O) groups excluding carboxylic acids is 1. The first-order valence-corrected chi connectivity index (χ1v) is 26.8. The summed E-state index contributed by atoms with van der Waals surface area (Å²) in [5.41, 5.74) is 12.5. The second kappa shape index (κ2) is 22.1. The molecule has 2 N–H and O–H groups in total. The van der Waals surface area contributed by atoms with E-state index in [4.69, 9.17) is 28.4 Å². The van der Waals surface area contributed by atoms with Crippen LogP contribution < -0.4 is 14.2 Å². The maximum absolute atomic E-state index is 13.5. The number of hydrogen-bond acceptors (Lipinski definition) is 9. The van der Waals surface area contributed by atoms with E-state index >= 15 is 0 Å². The van der Waals surface area contributed by atoms with E-state index in [1.165, 1.54) is 6.92 Å². The van der Waals surface area contributed by atoms with Crippen LogP contribution in [0.5, 0.6) is 28.7 Å². The minimum atomic E-state index is -0.415. The highest BCUT2D eigenvalue weighted by Gasteiger charge is 2.30. The van der Waals surface area contributed by atoms with E-state index in [-0.39, 0.29) is 51.8 Å². The van der Waals surface area contributed by atoms with Crippen molar-refractivity contribution in [1.29, 1.82) is 0 Å². The number of phenols is 2. The molecular weight excluding hydrogens is 925 g/mol. The Bertz CT molecular complexity index is 2660. The maximum atomic E-state index is 13.5. The topological polar surface area (TPSA) is 113 Å². The van der Waals surface area contributed by atoms with Crippen LogP contribution in [0.15, 0.2) is 60.7 Å². The van der Waals surface area contributed by atoms with E-state index in [0.717, 1.165) is 83.5 Å². The molecule has 0 fully saturated rings. The number of benzene rings is 5. The summed E-state index contributed by atoms with van der Waals surface area (Å²) < 4.78 is 38.5. The van der Waals surface area contributed by atoms with Crippen LogP contribution in [0.1, 0.15) is 194 Å². The van der Waals surface area contributed by atoms with E-state index in [0.29, 0.717) is 89.0 Å². The molecule has 5 aromatic carbocycles. The van der Waals surface area contributed by atoms with Gasteiger partial charge in [0, 0.05) is 50.2 Å². The van der Waals surface area contributed by atoms with Crippen molar-refractivity contribution >= 4 is 5.97 Å². The van der Waals surface area contributed by atoms with Crippen molar-refractivity contribution in [1.82, 2.24) is 0 Å². The van der Waals surface area contributed by atoms with Gasteiger partial charge in [0.2, 0.25) is 0 Å². The van der Waals surface area contributed by atoms with Crippen LogP contribution in [-0.2, 0) is 78.2 Å². The normalized spacial score (nSPS) is 15.9. The zero-order valence-corrected chi connectivity index (χ0v) is 47.7. The van der Waals surface area contributed by atoms with E-state index in [9.17, 15) is 15.0 Å². The molecule has 1 aliphatic carbocycles. The van der Waals surface area contributed by atoms with E-state index in [1.54, 1.807) is 0 Å². The van der Waals surface area contributed by atoms with Crippen molar-refractivity contribution < 1.29 is 43.4 Å². The smallest absolute Gasteiger partial charge is 0.308 e. The molecule has 2 aliphatic rings. The molecule has 9 heteroatoms. The molecule has 0 radical (unpaired) electrons. The molecule has 1 heterocycles. The molecule has 0 spiro atoms. The zero-order valence-electron chi connectivity index (χ0n) is 47.7. The van der Waals surface area contributed by atoms with Crippen molar-refractivity contribution in [3.63, 3.8) is 0 Å². The highest BCUT2D eigenvalue weighted by Crippen LogP contribution is 2.45. The molecule has 1 aliphatic heterocycles. The Kier molecular flexibility index (Phi) is 16.8. The predicted octanol–water partition coefficient (Wildman–Crippen LogP) is 13.6. The van der Waals surface area contributed by atoms with E-state index in [2.05, 4.69) is 165 Å². The average Bonchev–Trinajstić information content (AvgIpc) is 3.27. The van der Waals surface area contributed by atoms with Crippen LogP contribution in [0, 0.1) is 0 Å². The third-order valence-corrected chi connectivity index (χ3v) is 14.4. The molecule has 0 saturated heterocycles. The molecule has 0 aromatic heterocycles. The molecule has 12 bridgehead atoms. The average molecular weight is 1010 g/mol. The fourth-order valence-electron chi connectivity index (χ4n) is 9.89. The van der Waals surface area contributed by atoms with Crippen LogP contribution in [0.3, 0.4) is 0 Å². The molecule has 5 aromatic rings. The first-order valence-electron chi connectivity index (χ1n) is 26.8. The van der Waals surface area contributed by atoms with Crippen molar-refractivity contribution in [2.24, 2.45) is 0 Å². The molecule has 9 nitrogen and oxygen atoms in total. The van der Waals surface area contributed by atoms with Gasteiger partial charge in [0.25, 0.3) is 0 Å². The number of hydrogen-bond donors (Lipinski definition) is 2. The summed E-state index contributed by atoms with van der Waals surface area (Å²) in [5, 5.41) is 25.5. The summed E-state index contributed by atoms with van der Waals surface area (Å²) in [4.78, 5) is 13.5. The van der Waals surface area contributed by atoms with Gasteiger partial charge in [0.15, 0.2) is 0 Å². The van der Waals surface area contributed by atoms with Gasteiger partial charge in [-0.3, -0.25) is 4.79 Å². The Hall–Kier alpha value is -5.35. The lowest BCUT2D eigenvalue weighted by Crippen LogP contribution is -2.19. The van der Waals surface area contributed by atoms with E-state index < -0.39 is 5.97 Å². The number of fused-ring (bicyclic) bond motifs is 4. The maximum Gasteiger partial charge on any atom is 0.308 e. The number of rotatable bonds is 1. The van der Waals surface area contributed by atoms with Crippen molar-refractivity contribution in [2.75, 3.05) is 52.9 Å². The first kappa shape index (κ1) is 56.4. The minimum absolute atomic E-state index is 0.188. The van der Waals surface area contributed by atoms with Gasteiger partial charge < -0.3 is 38.6 Å². The lowest BCUT2D eigenvalue weighted by molar-refractivity contribution is -0.132. The van der Waals surface area contributed by atoms with Crippen LogP contribution in [0.4, 0.5) is 0 Å². The van der Waals surface area contributed by atoms with Crippen molar-refractivity contribution in [3.05, 3.63) is 144 Å². The molecule has 7 rings (SSSR count). The van der Waals surface area contributed by atoms with Crippen molar-refractivity contribution in [2.45, 2.75) is 170 Å². The molecule has 0 unspecified atom stereocenters.